The van der Waals surface area contributed by atoms with Crippen LogP contribution in [-0.2, 0) is 0 Å². The molecule has 0 fully saturated rings. The average molecular weight is 355 g/mol. The largest absolute Gasteiger partial charge is 0.352 e. The van der Waals surface area contributed by atoms with E-state index in [1.54, 1.807) is 0 Å². The number of aromatic nitrogens is 2. The van der Waals surface area contributed by atoms with E-state index >= 15 is 0 Å². The monoisotopic (exact) mass is 354 g/mol. The van der Waals surface area contributed by atoms with Crippen LogP contribution in [0.4, 0.5) is 0 Å². The lowest BCUT2D eigenvalue weighted by Crippen LogP contribution is -2.07. The Hall–Kier alpha value is -2.29. The molecule has 0 radical (unpaired) electrons. The van der Waals surface area contributed by atoms with E-state index in [0.29, 0.717) is 11.3 Å². The number of allylic oxidation sites excluding steroid dienone is 2. The van der Waals surface area contributed by atoms with Crippen molar-refractivity contribution in [3.8, 4) is 6.07 Å². The van der Waals surface area contributed by atoms with E-state index in [0.717, 1.165) is 22.0 Å². The Morgan fingerprint density at radius 3 is 2.67 bits per heavy atom. The molecule has 6 heteroatoms. The summed E-state index contributed by atoms with van der Waals surface area (Å²) < 4.78 is 0. The van der Waals surface area contributed by atoms with Crippen LogP contribution < -0.4 is 5.32 Å². The lowest BCUT2D eigenvalue weighted by Gasteiger charge is -2.13. The SMILES string of the molecule is CC1=CS/C(=C(/C#N)c2cc(C(C)c3ccccc3)nc(Cl)n2)N1. The average Bonchev–Trinajstić information content (AvgIpc) is 3.01. The third kappa shape index (κ3) is 3.45. The van der Waals surface area contributed by atoms with Crippen molar-refractivity contribution in [3.05, 3.63) is 74.8 Å². The van der Waals surface area contributed by atoms with Gasteiger partial charge in [-0.05, 0) is 35.6 Å². The second-order valence-corrected chi connectivity index (χ2v) is 6.66. The maximum absolute atomic E-state index is 9.58. The molecule has 1 aromatic heterocycles. The lowest BCUT2D eigenvalue weighted by atomic mass is 9.97. The Kier molecular flexibility index (Phi) is 4.89. The molecule has 1 aliphatic heterocycles. The Labute approximate surface area is 150 Å². The second-order valence-electron chi connectivity index (χ2n) is 5.44. The first-order valence-electron chi connectivity index (χ1n) is 7.43. The van der Waals surface area contributed by atoms with E-state index in [1.165, 1.54) is 11.8 Å². The molecule has 2 heterocycles. The summed E-state index contributed by atoms with van der Waals surface area (Å²) in [4.78, 5) is 8.60. The highest BCUT2D eigenvalue weighted by Gasteiger charge is 2.19. The number of rotatable bonds is 3. The summed E-state index contributed by atoms with van der Waals surface area (Å²) in [5.41, 5.74) is 3.93. The van der Waals surface area contributed by atoms with Gasteiger partial charge >= 0.3 is 0 Å². The molecule has 1 N–H and O–H groups in total. The van der Waals surface area contributed by atoms with Gasteiger partial charge < -0.3 is 5.32 Å². The number of hydrogen-bond acceptors (Lipinski definition) is 5. The molecule has 0 aliphatic carbocycles. The van der Waals surface area contributed by atoms with E-state index in [1.807, 2.05) is 48.7 Å². The predicted octanol–water partition coefficient (Wildman–Crippen LogP) is 4.67. The van der Waals surface area contributed by atoms with Crippen LogP contribution in [-0.4, -0.2) is 9.97 Å². The van der Waals surface area contributed by atoms with Crippen LogP contribution >= 0.6 is 23.4 Å². The minimum Gasteiger partial charge on any atom is -0.352 e. The van der Waals surface area contributed by atoms with Gasteiger partial charge in [-0.1, -0.05) is 49.0 Å². The first-order chi connectivity index (χ1) is 11.6. The van der Waals surface area contributed by atoms with Crippen LogP contribution in [0.15, 0.2) is 52.5 Å². The van der Waals surface area contributed by atoms with Crippen LogP contribution in [0.2, 0.25) is 5.28 Å². The van der Waals surface area contributed by atoms with Gasteiger partial charge in [0.15, 0.2) is 0 Å². The van der Waals surface area contributed by atoms with Gasteiger partial charge in [0.2, 0.25) is 5.28 Å². The molecule has 2 aromatic rings. The molecule has 1 aliphatic rings. The molecular formula is C18H15ClN4S. The van der Waals surface area contributed by atoms with Crippen molar-refractivity contribution < 1.29 is 0 Å². The Morgan fingerprint density at radius 1 is 1.29 bits per heavy atom. The molecule has 1 aromatic carbocycles. The molecule has 1 atom stereocenters. The van der Waals surface area contributed by atoms with Crippen molar-refractivity contribution in [1.82, 2.24) is 15.3 Å². The molecule has 120 valence electrons. The first kappa shape index (κ1) is 16.6. The fourth-order valence-corrected chi connectivity index (χ4v) is 3.46. The van der Waals surface area contributed by atoms with E-state index in [2.05, 4.69) is 28.3 Å². The highest BCUT2D eigenvalue weighted by atomic mass is 35.5. The number of nitrogens with zero attached hydrogens (tertiary/aromatic N) is 3. The molecule has 1 unspecified atom stereocenters. The van der Waals surface area contributed by atoms with Crippen LogP contribution in [0.1, 0.15) is 36.7 Å². The maximum Gasteiger partial charge on any atom is 0.223 e. The van der Waals surface area contributed by atoms with Gasteiger partial charge in [0, 0.05) is 11.6 Å². The summed E-state index contributed by atoms with van der Waals surface area (Å²) in [7, 11) is 0. The summed E-state index contributed by atoms with van der Waals surface area (Å²) in [6.45, 7) is 4.01. The molecule has 0 saturated carbocycles. The number of nitriles is 1. The molecule has 0 amide bonds. The van der Waals surface area contributed by atoms with Crippen molar-refractivity contribution in [2.45, 2.75) is 19.8 Å². The third-order valence-electron chi connectivity index (χ3n) is 3.72. The van der Waals surface area contributed by atoms with Gasteiger partial charge in [0.1, 0.15) is 11.6 Å². The molecular weight excluding hydrogens is 340 g/mol. The fourth-order valence-electron chi connectivity index (χ4n) is 2.43. The second kappa shape index (κ2) is 7.08. The van der Waals surface area contributed by atoms with Crippen LogP contribution in [0.3, 0.4) is 0 Å². The molecule has 0 bridgehead atoms. The van der Waals surface area contributed by atoms with Crippen LogP contribution in [0.5, 0.6) is 0 Å². The first-order valence-corrected chi connectivity index (χ1v) is 8.69. The van der Waals surface area contributed by atoms with Gasteiger partial charge in [-0.15, -0.1) is 0 Å². The van der Waals surface area contributed by atoms with E-state index in [-0.39, 0.29) is 11.2 Å². The van der Waals surface area contributed by atoms with Crippen molar-refractivity contribution in [3.63, 3.8) is 0 Å². The zero-order valence-electron chi connectivity index (χ0n) is 13.2. The van der Waals surface area contributed by atoms with Gasteiger partial charge in [-0.2, -0.15) is 5.26 Å². The normalized spacial score (nSPS) is 16.8. The topological polar surface area (TPSA) is 61.6 Å². The zero-order chi connectivity index (χ0) is 17.1. The van der Waals surface area contributed by atoms with E-state index < -0.39 is 0 Å². The summed E-state index contributed by atoms with van der Waals surface area (Å²) in [5, 5.41) is 15.6. The van der Waals surface area contributed by atoms with Crippen LogP contribution in [0, 0.1) is 11.3 Å². The number of nitrogens with one attached hydrogen (secondary N) is 1. The standard InChI is InChI=1S/C18H15ClN4S/c1-11-10-24-17(21-11)14(9-20)16-8-15(22-18(19)23-16)12(2)13-6-4-3-5-7-13/h3-8,10,12,21H,1-2H3/b17-14-. The van der Waals surface area contributed by atoms with Gasteiger partial charge in [-0.25, -0.2) is 9.97 Å². The maximum atomic E-state index is 9.58. The number of thioether (sulfide) groups is 1. The smallest absolute Gasteiger partial charge is 0.223 e. The van der Waals surface area contributed by atoms with E-state index in [9.17, 15) is 5.26 Å². The van der Waals surface area contributed by atoms with Crippen LogP contribution in [0.25, 0.3) is 5.57 Å². The Bertz CT molecular complexity index is 868. The summed E-state index contributed by atoms with van der Waals surface area (Å²) in [6, 6.07) is 14.1. The fraction of sp³-hybridized carbons (Fsp3) is 0.167. The molecule has 3 rings (SSSR count). The van der Waals surface area contributed by atoms with Crippen molar-refractivity contribution in [2.24, 2.45) is 0 Å². The molecule has 0 spiro atoms. The lowest BCUT2D eigenvalue weighted by molar-refractivity contribution is 0.857. The third-order valence-corrected chi connectivity index (χ3v) is 4.90. The minimum absolute atomic E-state index is 0.0550. The predicted molar refractivity (Wildman–Crippen MR) is 98.0 cm³/mol. The van der Waals surface area contributed by atoms with Crippen molar-refractivity contribution in [2.75, 3.05) is 0 Å². The number of halogens is 1. The van der Waals surface area contributed by atoms with Gasteiger partial charge in [0.25, 0.3) is 0 Å². The quantitative estimate of drug-likeness (QED) is 0.641. The Balaban J connectivity index is 2.02. The molecule has 4 nitrogen and oxygen atoms in total. The zero-order valence-corrected chi connectivity index (χ0v) is 14.8. The van der Waals surface area contributed by atoms with Crippen molar-refractivity contribution >= 4 is 28.9 Å². The highest BCUT2D eigenvalue weighted by molar-refractivity contribution is 8.06. The summed E-state index contributed by atoms with van der Waals surface area (Å²) in [6.07, 6.45) is 0. The molecule has 24 heavy (non-hydrogen) atoms. The van der Waals surface area contributed by atoms with E-state index in [4.69, 9.17) is 11.6 Å². The Morgan fingerprint density at radius 2 is 2.04 bits per heavy atom. The molecule has 0 saturated heterocycles. The van der Waals surface area contributed by atoms with Crippen molar-refractivity contribution in [1.29, 1.82) is 5.26 Å². The number of benzene rings is 1. The van der Waals surface area contributed by atoms with Gasteiger partial charge in [-0.3, -0.25) is 0 Å². The van der Waals surface area contributed by atoms with Gasteiger partial charge in [0.05, 0.1) is 16.4 Å². The highest BCUT2D eigenvalue weighted by Crippen LogP contribution is 2.32. The minimum atomic E-state index is 0.0550. The number of hydrogen-bond donors (Lipinski definition) is 1. The summed E-state index contributed by atoms with van der Waals surface area (Å²) >= 11 is 7.60. The summed E-state index contributed by atoms with van der Waals surface area (Å²) in [5.74, 6) is 0.0550.